The van der Waals surface area contributed by atoms with E-state index in [1.54, 1.807) is 12.1 Å². The van der Waals surface area contributed by atoms with Gasteiger partial charge in [-0.25, -0.2) is 0 Å². The average Bonchev–Trinajstić information content (AvgIpc) is 3.11. The molecule has 0 saturated heterocycles. The Labute approximate surface area is 180 Å². The van der Waals surface area contributed by atoms with Gasteiger partial charge in [-0.2, -0.15) is 0 Å². The number of hydrogen-bond donors (Lipinski definition) is 3. The lowest BCUT2D eigenvalue weighted by atomic mass is 9.95. The Kier molecular flexibility index (Phi) is 5.96. The summed E-state index contributed by atoms with van der Waals surface area (Å²) in [5.74, 6) is -0.823. The normalized spacial score (nSPS) is 12.9. The van der Waals surface area contributed by atoms with Crippen molar-refractivity contribution in [3.8, 4) is 11.3 Å². The van der Waals surface area contributed by atoms with E-state index >= 15 is 0 Å². The Morgan fingerprint density at radius 1 is 1.17 bits per heavy atom. The Balaban J connectivity index is 1.43. The summed E-state index contributed by atoms with van der Waals surface area (Å²) in [5, 5.41) is 11.5. The Morgan fingerprint density at radius 3 is 2.67 bits per heavy atom. The molecule has 4 N–H and O–H groups in total. The maximum atomic E-state index is 12.4. The number of primary amides is 1. The fraction of sp³-hybridized carbons (Fsp3) is 0.250. The highest BCUT2D eigenvalue weighted by Crippen LogP contribution is 2.38. The number of aromatic amines is 1. The number of aromatic nitrogens is 3. The number of hydrogen-bond acceptors (Lipinski definition) is 7. The van der Waals surface area contributed by atoms with Crippen LogP contribution in [-0.2, 0) is 17.6 Å². The maximum absolute atomic E-state index is 12.4. The minimum Gasteiger partial charge on any atom is -0.365 e. The second-order valence-electron chi connectivity index (χ2n) is 6.79. The second-order valence-corrected chi connectivity index (χ2v) is 8.86. The highest BCUT2D eigenvalue weighted by atomic mass is 32.2. The molecule has 0 radical (unpaired) electrons. The molecule has 30 heavy (non-hydrogen) atoms. The lowest BCUT2D eigenvalue weighted by Gasteiger charge is -2.11. The second kappa shape index (κ2) is 8.80. The van der Waals surface area contributed by atoms with Gasteiger partial charge in [-0.05, 0) is 31.2 Å². The third-order valence-electron chi connectivity index (χ3n) is 4.73. The molecular weight excluding hydrogens is 422 g/mol. The van der Waals surface area contributed by atoms with Gasteiger partial charge in [0, 0.05) is 10.4 Å². The zero-order chi connectivity index (χ0) is 21.1. The van der Waals surface area contributed by atoms with Gasteiger partial charge < -0.3 is 11.1 Å². The maximum Gasteiger partial charge on any atom is 0.278 e. The molecule has 2 aromatic heterocycles. The number of nitrogens with zero attached hydrogens (tertiary/aromatic N) is 2. The summed E-state index contributed by atoms with van der Waals surface area (Å²) in [6.45, 7) is 0. The highest BCUT2D eigenvalue weighted by Gasteiger charge is 2.25. The summed E-state index contributed by atoms with van der Waals surface area (Å²) in [4.78, 5) is 40.4. The van der Waals surface area contributed by atoms with Crippen molar-refractivity contribution in [3.63, 3.8) is 0 Å². The number of anilines is 1. The summed E-state index contributed by atoms with van der Waals surface area (Å²) in [6.07, 6.45) is 3.78. The number of thioether (sulfide) groups is 1. The van der Waals surface area contributed by atoms with Crippen LogP contribution in [0.25, 0.3) is 11.3 Å². The third-order valence-corrected chi connectivity index (χ3v) is 6.81. The number of amides is 2. The summed E-state index contributed by atoms with van der Waals surface area (Å²) in [5.41, 5.74) is 7.46. The van der Waals surface area contributed by atoms with Gasteiger partial charge in [0.05, 0.1) is 11.3 Å². The van der Waals surface area contributed by atoms with Crippen LogP contribution in [0.5, 0.6) is 0 Å². The molecule has 4 rings (SSSR count). The van der Waals surface area contributed by atoms with Gasteiger partial charge in [0.1, 0.15) is 5.00 Å². The Morgan fingerprint density at radius 2 is 1.93 bits per heavy atom. The number of thiophene rings is 1. The van der Waals surface area contributed by atoms with Crippen LogP contribution in [0.15, 0.2) is 40.3 Å². The van der Waals surface area contributed by atoms with Gasteiger partial charge in [0.25, 0.3) is 11.5 Å². The lowest BCUT2D eigenvalue weighted by Crippen LogP contribution is -2.20. The minimum absolute atomic E-state index is 0.00999. The van der Waals surface area contributed by atoms with Gasteiger partial charge in [-0.3, -0.25) is 19.4 Å². The van der Waals surface area contributed by atoms with E-state index in [1.165, 1.54) is 11.3 Å². The molecule has 0 spiro atoms. The smallest absolute Gasteiger partial charge is 0.278 e. The van der Waals surface area contributed by atoms with Gasteiger partial charge >= 0.3 is 0 Å². The van der Waals surface area contributed by atoms with Crippen LogP contribution in [0.3, 0.4) is 0 Å². The number of nitrogens with two attached hydrogens (primary N) is 1. The number of H-pyrrole nitrogens is 1. The van der Waals surface area contributed by atoms with E-state index in [0.717, 1.165) is 47.9 Å². The van der Waals surface area contributed by atoms with Crippen LogP contribution in [-0.4, -0.2) is 32.7 Å². The predicted molar refractivity (Wildman–Crippen MR) is 117 cm³/mol. The van der Waals surface area contributed by atoms with E-state index in [0.29, 0.717) is 16.1 Å². The molecule has 2 amide bonds. The van der Waals surface area contributed by atoms with Crippen molar-refractivity contribution >= 4 is 39.9 Å². The van der Waals surface area contributed by atoms with Crippen molar-refractivity contribution in [3.05, 3.63) is 56.7 Å². The molecule has 0 atom stereocenters. The third kappa shape index (κ3) is 4.29. The number of rotatable bonds is 6. The lowest BCUT2D eigenvalue weighted by molar-refractivity contribution is -0.113. The first kappa shape index (κ1) is 20.3. The predicted octanol–water partition coefficient (Wildman–Crippen LogP) is 2.60. The van der Waals surface area contributed by atoms with E-state index < -0.39 is 5.91 Å². The molecule has 0 bridgehead atoms. The van der Waals surface area contributed by atoms with Gasteiger partial charge in [-0.1, -0.05) is 42.1 Å². The van der Waals surface area contributed by atoms with E-state index in [-0.39, 0.29) is 28.1 Å². The van der Waals surface area contributed by atoms with Gasteiger partial charge in [-0.15, -0.1) is 21.5 Å². The Bertz CT molecular complexity index is 1160. The molecule has 154 valence electrons. The molecular formula is C20H19N5O3S2. The van der Waals surface area contributed by atoms with Crippen LogP contribution in [0.2, 0.25) is 0 Å². The van der Waals surface area contributed by atoms with Crippen molar-refractivity contribution in [1.29, 1.82) is 0 Å². The SMILES string of the molecule is NC(=O)c1c(NC(=O)CSc2nnc(-c3ccccc3)c(=O)[nH]2)sc2c1CCCC2. The first-order valence-electron chi connectivity index (χ1n) is 9.42. The van der Waals surface area contributed by atoms with Crippen LogP contribution >= 0.6 is 23.1 Å². The first-order valence-corrected chi connectivity index (χ1v) is 11.2. The molecule has 1 aliphatic carbocycles. The number of benzene rings is 1. The summed E-state index contributed by atoms with van der Waals surface area (Å²) >= 11 is 2.48. The van der Waals surface area contributed by atoms with Crippen molar-refractivity contribution in [2.24, 2.45) is 5.73 Å². The fourth-order valence-electron chi connectivity index (χ4n) is 3.38. The number of fused-ring (bicyclic) bond motifs is 1. The van der Waals surface area contributed by atoms with E-state index in [2.05, 4.69) is 20.5 Å². The van der Waals surface area contributed by atoms with Gasteiger partial charge in [0.2, 0.25) is 5.91 Å². The summed E-state index contributed by atoms with van der Waals surface area (Å²) in [6, 6.07) is 9.02. The van der Waals surface area contributed by atoms with Crippen molar-refractivity contribution < 1.29 is 9.59 Å². The molecule has 0 aliphatic heterocycles. The van der Waals surface area contributed by atoms with E-state index in [4.69, 9.17) is 5.73 Å². The molecule has 2 heterocycles. The standard InChI is InChI=1S/C20H19N5O3S2/c21-17(27)15-12-8-4-5-9-13(12)30-19(15)22-14(26)10-29-20-23-18(28)16(24-25-20)11-6-2-1-3-7-11/h1-3,6-7H,4-5,8-10H2,(H2,21,27)(H,22,26)(H,23,25,28). The van der Waals surface area contributed by atoms with Crippen LogP contribution < -0.4 is 16.6 Å². The summed E-state index contributed by atoms with van der Waals surface area (Å²) < 4.78 is 0. The average molecular weight is 442 g/mol. The largest absolute Gasteiger partial charge is 0.365 e. The van der Waals surface area contributed by atoms with Crippen molar-refractivity contribution in [1.82, 2.24) is 15.2 Å². The molecule has 0 unspecified atom stereocenters. The van der Waals surface area contributed by atoms with E-state index in [9.17, 15) is 14.4 Å². The Hall–Kier alpha value is -2.98. The topological polar surface area (TPSA) is 131 Å². The zero-order valence-electron chi connectivity index (χ0n) is 15.9. The molecule has 8 nitrogen and oxygen atoms in total. The fourth-order valence-corrected chi connectivity index (χ4v) is 5.30. The van der Waals surface area contributed by atoms with Crippen molar-refractivity contribution in [2.75, 3.05) is 11.1 Å². The molecule has 0 fully saturated rings. The van der Waals surface area contributed by atoms with Crippen LogP contribution in [0, 0.1) is 0 Å². The van der Waals surface area contributed by atoms with Crippen LogP contribution in [0.1, 0.15) is 33.6 Å². The molecule has 3 aromatic rings. The highest BCUT2D eigenvalue weighted by molar-refractivity contribution is 7.99. The molecule has 0 saturated carbocycles. The number of aryl methyl sites for hydroxylation is 1. The quantitative estimate of drug-likeness (QED) is 0.504. The summed E-state index contributed by atoms with van der Waals surface area (Å²) in [7, 11) is 0. The molecule has 1 aromatic carbocycles. The molecule has 10 heteroatoms. The first-order chi connectivity index (χ1) is 14.5. The number of carbonyl (C=O) groups excluding carboxylic acids is 2. The number of nitrogens with one attached hydrogen (secondary N) is 2. The van der Waals surface area contributed by atoms with E-state index in [1.807, 2.05) is 18.2 Å². The monoisotopic (exact) mass is 441 g/mol. The minimum atomic E-state index is -0.524. The van der Waals surface area contributed by atoms with Crippen LogP contribution in [0.4, 0.5) is 5.00 Å². The number of carbonyl (C=O) groups is 2. The molecule has 1 aliphatic rings. The zero-order valence-corrected chi connectivity index (χ0v) is 17.6. The van der Waals surface area contributed by atoms with Gasteiger partial charge in [0.15, 0.2) is 10.9 Å². The van der Waals surface area contributed by atoms with Crippen molar-refractivity contribution in [2.45, 2.75) is 30.8 Å².